The van der Waals surface area contributed by atoms with Crippen molar-refractivity contribution in [1.29, 1.82) is 0 Å². The number of ether oxygens (including phenoxy) is 2. The lowest BCUT2D eigenvalue weighted by molar-refractivity contribution is 0.354. The maximum atomic E-state index is 5.97. The van der Waals surface area contributed by atoms with Gasteiger partial charge in [-0.2, -0.15) is 0 Å². The van der Waals surface area contributed by atoms with Crippen molar-refractivity contribution in [2.75, 3.05) is 26.1 Å². The fourth-order valence-electron chi connectivity index (χ4n) is 2.54. The molecule has 0 heterocycles. The van der Waals surface area contributed by atoms with E-state index in [0.717, 1.165) is 41.3 Å². The summed E-state index contributed by atoms with van der Waals surface area (Å²) in [6.07, 6.45) is 0.827. The summed E-state index contributed by atoms with van der Waals surface area (Å²) in [4.78, 5) is 0. The second-order valence-electron chi connectivity index (χ2n) is 5.72. The van der Waals surface area contributed by atoms with Crippen LogP contribution in [0, 0.1) is 13.8 Å². The Labute approximate surface area is 159 Å². The van der Waals surface area contributed by atoms with Crippen LogP contribution in [0.25, 0.3) is 0 Å². The van der Waals surface area contributed by atoms with E-state index in [9.17, 15) is 0 Å². The Morgan fingerprint density at radius 2 is 1.72 bits per heavy atom. The van der Waals surface area contributed by atoms with Crippen LogP contribution in [0.3, 0.4) is 0 Å². The number of thiocarbonyl (C=S) groups is 1. The van der Waals surface area contributed by atoms with Crippen LogP contribution in [0.2, 0.25) is 5.02 Å². The van der Waals surface area contributed by atoms with Crippen molar-refractivity contribution in [3.8, 4) is 11.5 Å². The molecule has 0 spiro atoms. The molecule has 4 nitrogen and oxygen atoms in total. The number of methoxy groups -OCH3 is 2. The van der Waals surface area contributed by atoms with E-state index in [1.807, 2.05) is 37.3 Å². The summed E-state index contributed by atoms with van der Waals surface area (Å²) in [7, 11) is 3.28. The van der Waals surface area contributed by atoms with E-state index in [0.29, 0.717) is 10.1 Å². The number of rotatable bonds is 6. The Morgan fingerprint density at radius 3 is 2.36 bits per heavy atom. The third-order valence-corrected chi connectivity index (χ3v) is 4.44. The van der Waals surface area contributed by atoms with E-state index < -0.39 is 0 Å². The molecule has 0 aliphatic carbocycles. The average molecular weight is 379 g/mol. The smallest absolute Gasteiger partial charge is 0.170 e. The highest BCUT2D eigenvalue weighted by molar-refractivity contribution is 7.80. The SMILES string of the molecule is COc1cc(C)c(CCNC(=S)Nc2ccc(Cl)cc2C)cc1OC. The van der Waals surface area contributed by atoms with E-state index in [-0.39, 0.29) is 0 Å². The molecule has 0 aromatic heterocycles. The van der Waals surface area contributed by atoms with Gasteiger partial charge in [0, 0.05) is 17.3 Å². The predicted molar refractivity (Wildman–Crippen MR) is 108 cm³/mol. The molecule has 2 N–H and O–H groups in total. The van der Waals surface area contributed by atoms with Crippen molar-refractivity contribution in [1.82, 2.24) is 5.32 Å². The Kier molecular flexibility index (Phi) is 6.91. The highest BCUT2D eigenvalue weighted by Gasteiger charge is 2.09. The first kappa shape index (κ1) is 19.3. The fraction of sp³-hybridized carbons (Fsp3) is 0.316. The van der Waals surface area contributed by atoms with E-state index in [2.05, 4.69) is 17.6 Å². The quantitative estimate of drug-likeness (QED) is 0.724. The van der Waals surface area contributed by atoms with Crippen LogP contribution < -0.4 is 20.1 Å². The first-order valence-corrected chi connectivity index (χ1v) is 8.75. The summed E-state index contributed by atoms with van der Waals surface area (Å²) in [5.41, 5.74) is 4.35. The summed E-state index contributed by atoms with van der Waals surface area (Å²) < 4.78 is 10.7. The number of anilines is 1. The highest BCUT2D eigenvalue weighted by atomic mass is 35.5. The molecule has 25 heavy (non-hydrogen) atoms. The van der Waals surface area contributed by atoms with Crippen LogP contribution in [0.5, 0.6) is 11.5 Å². The van der Waals surface area contributed by atoms with Gasteiger partial charge in [-0.3, -0.25) is 0 Å². The minimum atomic E-state index is 0.587. The van der Waals surface area contributed by atoms with Crippen LogP contribution in [0.15, 0.2) is 30.3 Å². The molecule has 134 valence electrons. The number of halogens is 1. The molecule has 0 radical (unpaired) electrons. The van der Waals surface area contributed by atoms with Gasteiger partial charge in [0.05, 0.1) is 14.2 Å². The Morgan fingerprint density at radius 1 is 1.04 bits per heavy atom. The summed E-state index contributed by atoms with van der Waals surface area (Å²) in [6.45, 7) is 4.77. The minimum Gasteiger partial charge on any atom is -0.493 e. The van der Waals surface area contributed by atoms with E-state index in [4.69, 9.17) is 33.3 Å². The minimum absolute atomic E-state index is 0.587. The Bertz CT molecular complexity index is 765. The molecule has 0 aliphatic rings. The van der Waals surface area contributed by atoms with Crippen molar-refractivity contribution in [2.45, 2.75) is 20.3 Å². The van der Waals surface area contributed by atoms with E-state index in [1.165, 1.54) is 5.56 Å². The number of hydrogen-bond acceptors (Lipinski definition) is 3. The zero-order chi connectivity index (χ0) is 18.4. The molecular formula is C19H23ClN2O2S. The zero-order valence-corrected chi connectivity index (χ0v) is 16.5. The summed E-state index contributed by atoms with van der Waals surface area (Å²) >= 11 is 11.3. The number of nitrogens with one attached hydrogen (secondary N) is 2. The highest BCUT2D eigenvalue weighted by Crippen LogP contribution is 2.30. The second kappa shape index (κ2) is 8.92. The molecule has 6 heteroatoms. The maximum absolute atomic E-state index is 5.97. The Hall–Kier alpha value is -1.98. The first-order chi connectivity index (χ1) is 11.9. The average Bonchev–Trinajstić information content (AvgIpc) is 2.58. The topological polar surface area (TPSA) is 42.5 Å². The zero-order valence-electron chi connectivity index (χ0n) is 14.9. The second-order valence-corrected chi connectivity index (χ2v) is 6.57. The van der Waals surface area contributed by atoms with Crippen molar-refractivity contribution >= 4 is 34.6 Å². The van der Waals surface area contributed by atoms with Crippen molar-refractivity contribution < 1.29 is 9.47 Å². The van der Waals surface area contributed by atoms with E-state index in [1.54, 1.807) is 14.2 Å². The molecule has 0 fully saturated rings. The third-order valence-electron chi connectivity index (χ3n) is 3.96. The molecule has 0 bridgehead atoms. The monoisotopic (exact) mass is 378 g/mol. The van der Waals surface area contributed by atoms with Crippen molar-refractivity contribution in [3.05, 3.63) is 52.0 Å². The van der Waals surface area contributed by atoms with Crippen LogP contribution in [-0.4, -0.2) is 25.9 Å². The van der Waals surface area contributed by atoms with Gasteiger partial charge < -0.3 is 20.1 Å². The summed E-state index contributed by atoms with van der Waals surface area (Å²) in [5, 5.41) is 7.73. The normalized spacial score (nSPS) is 10.3. The molecule has 2 rings (SSSR count). The van der Waals surface area contributed by atoms with Gasteiger partial charge in [0.2, 0.25) is 0 Å². The lowest BCUT2D eigenvalue weighted by Gasteiger charge is -2.15. The lowest BCUT2D eigenvalue weighted by atomic mass is 10.0. The molecule has 0 saturated heterocycles. The predicted octanol–water partition coefficient (Wildman–Crippen LogP) is 4.50. The molecule has 0 unspecified atom stereocenters. The molecule has 0 aliphatic heterocycles. The van der Waals surface area contributed by atoms with Gasteiger partial charge in [-0.25, -0.2) is 0 Å². The summed E-state index contributed by atoms with van der Waals surface area (Å²) in [5.74, 6) is 1.48. The van der Waals surface area contributed by atoms with Crippen molar-refractivity contribution in [2.24, 2.45) is 0 Å². The third kappa shape index (κ3) is 5.25. The number of benzene rings is 2. The molecule has 0 saturated carbocycles. The van der Waals surface area contributed by atoms with Gasteiger partial charge in [0.25, 0.3) is 0 Å². The molecule has 2 aromatic rings. The molecule has 0 atom stereocenters. The maximum Gasteiger partial charge on any atom is 0.170 e. The van der Waals surface area contributed by atoms with Gasteiger partial charge in [-0.15, -0.1) is 0 Å². The van der Waals surface area contributed by atoms with Crippen LogP contribution in [0.4, 0.5) is 5.69 Å². The fourth-order valence-corrected chi connectivity index (χ4v) is 2.98. The van der Waals surface area contributed by atoms with Crippen molar-refractivity contribution in [3.63, 3.8) is 0 Å². The Balaban J connectivity index is 1.93. The number of aryl methyl sites for hydroxylation is 2. The summed E-state index contributed by atoms with van der Waals surface area (Å²) in [6, 6.07) is 9.66. The van der Waals surface area contributed by atoms with Gasteiger partial charge in [0.15, 0.2) is 16.6 Å². The largest absolute Gasteiger partial charge is 0.493 e. The first-order valence-electron chi connectivity index (χ1n) is 7.97. The molecule has 0 amide bonds. The van der Waals surface area contributed by atoms with Gasteiger partial charge in [-0.1, -0.05) is 11.6 Å². The van der Waals surface area contributed by atoms with Gasteiger partial charge in [0.1, 0.15) is 0 Å². The lowest BCUT2D eigenvalue weighted by Crippen LogP contribution is -2.30. The number of hydrogen-bond donors (Lipinski definition) is 2. The van der Waals surface area contributed by atoms with E-state index >= 15 is 0 Å². The van der Waals surface area contributed by atoms with Crippen LogP contribution >= 0.6 is 23.8 Å². The molecular weight excluding hydrogens is 356 g/mol. The van der Waals surface area contributed by atoms with Crippen LogP contribution in [-0.2, 0) is 6.42 Å². The van der Waals surface area contributed by atoms with Crippen LogP contribution in [0.1, 0.15) is 16.7 Å². The molecule has 2 aromatic carbocycles. The van der Waals surface area contributed by atoms with Gasteiger partial charge in [-0.05, 0) is 79.5 Å². The van der Waals surface area contributed by atoms with Gasteiger partial charge >= 0.3 is 0 Å². The standard InChI is InChI=1S/C19H23ClN2O2S/c1-12-10-17(23-3)18(24-4)11-14(12)7-8-21-19(25)22-16-6-5-15(20)9-13(16)2/h5-6,9-11H,7-8H2,1-4H3,(H2,21,22,25).